The van der Waals surface area contributed by atoms with E-state index in [9.17, 15) is 0 Å². The Bertz CT molecular complexity index is 1270. The Balaban J connectivity index is 1.27. The van der Waals surface area contributed by atoms with E-state index in [0.717, 1.165) is 36.1 Å². The Hall–Kier alpha value is -3.43. The monoisotopic (exact) mass is 438 g/mol. The largest absolute Gasteiger partial charge is 0.491 e. The molecule has 0 spiro atoms. The molecule has 0 amide bonds. The summed E-state index contributed by atoms with van der Waals surface area (Å²) >= 11 is 0. The summed E-state index contributed by atoms with van der Waals surface area (Å²) in [5.74, 6) is 1.96. The topological polar surface area (TPSA) is 84.9 Å². The summed E-state index contributed by atoms with van der Waals surface area (Å²) in [4.78, 5) is 4.18. The highest BCUT2D eigenvalue weighted by atomic mass is 16.5. The van der Waals surface area contributed by atoms with Crippen molar-refractivity contribution in [2.45, 2.75) is 18.9 Å². The molecule has 0 aliphatic carbocycles. The van der Waals surface area contributed by atoms with Gasteiger partial charge in [0.25, 0.3) is 0 Å². The van der Waals surface area contributed by atoms with Crippen LogP contribution in [0.4, 0.5) is 0 Å². The third-order valence-corrected chi connectivity index (χ3v) is 5.21. The minimum absolute atomic E-state index is 0.213. The molecule has 1 aromatic carbocycles. The maximum absolute atomic E-state index is 7.72. The maximum Gasteiger partial charge on any atom is 0.206 e. The molecule has 32 heavy (non-hydrogen) atoms. The van der Waals surface area contributed by atoms with E-state index in [4.69, 9.17) is 23.1 Å². The highest BCUT2D eigenvalue weighted by Gasteiger charge is 2.14. The molecule has 9 heteroatoms. The Labute approximate surface area is 189 Å². The maximum atomic E-state index is 7.72. The van der Waals surface area contributed by atoms with Crippen LogP contribution in [0.1, 0.15) is 17.0 Å². The van der Waals surface area contributed by atoms with Crippen LogP contribution in [-0.4, -0.2) is 56.7 Å². The highest BCUT2D eigenvalue weighted by Crippen LogP contribution is 2.29. The molecule has 1 aliphatic heterocycles. The second-order valence-corrected chi connectivity index (χ2v) is 7.40. The number of imidazole rings is 1. The van der Waals surface area contributed by atoms with E-state index in [1.807, 2.05) is 12.1 Å². The van der Waals surface area contributed by atoms with Gasteiger partial charge in [0.2, 0.25) is 5.88 Å². The van der Waals surface area contributed by atoms with E-state index < -0.39 is 6.98 Å². The quantitative estimate of drug-likeness (QED) is 0.389. The van der Waals surface area contributed by atoms with Crippen molar-refractivity contribution >= 4 is 5.52 Å². The molecular formula is C23H25N5O4. The molecule has 9 nitrogen and oxygen atoms in total. The zero-order chi connectivity index (χ0) is 24.3. The van der Waals surface area contributed by atoms with Crippen molar-refractivity contribution in [3.63, 3.8) is 0 Å². The van der Waals surface area contributed by atoms with Gasteiger partial charge in [-0.2, -0.15) is 0 Å². The number of ether oxygens (including phenoxy) is 4. The fourth-order valence-electron chi connectivity index (χ4n) is 3.58. The molecule has 0 radical (unpaired) electrons. The van der Waals surface area contributed by atoms with Crippen LogP contribution in [0.5, 0.6) is 17.4 Å². The van der Waals surface area contributed by atoms with Crippen molar-refractivity contribution in [2.75, 3.05) is 26.4 Å². The van der Waals surface area contributed by atoms with Gasteiger partial charge in [-0.05, 0) is 43.2 Å². The van der Waals surface area contributed by atoms with Gasteiger partial charge in [0.1, 0.15) is 30.8 Å². The second kappa shape index (κ2) is 9.37. The van der Waals surface area contributed by atoms with E-state index in [0.29, 0.717) is 36.2 Å². The van der Waals surface area contributed by atoms with E-state index in [1.54, 1.807) is 41.2 Å². The molecule has 1 aliphatic rings. The second-order valence-electron chi connectivity index (χ2n) is 7.40. The summed E-state index contributed by atoms with van der Waals surface area (Å²) < 4.78 is 49.0. The van der Waals surface area contributed by atoms with Gasteiger partial charge in [-0.15, -0.1) is 10.2 Å². The predicted octanol–water partition coefficient (Wildman–Crippen LogP) is 3.50. The number of hydrogen-bond donors (Lipinski definition) is 0. The van der Waals surface area contributed by atoms with Crippen molar-refractivity contribution in [1.82, 2.24) is 24.1 Å². The van der Waals surface area contributed by atoms with Gasteiger partial charge in [0.05, 0.1) is 24.4 Å². The number of aryl methyl sites for hydroxylation is 1. The smallest absolute Gasteiger partial charge is 0.206 e. The zero-order valence-corrected chi connectivity index (χ0v) is 17.4. The van der Waals surface area contributed by atoms with Crippen molar-refractivity contribution in [3.05, 3.63) is 55.2 Å². The van der Waals surface area contributed by atoms with E-state index >= 15 is 0 Å². The molecule has 4 heterocycles. The van der Waals surface area contributed by atoms with Crippen LogP contribution in [0.2, 0.25) is 0 Å². The third kappa shape index (κ3) is 4.58. The predicted molar refractivity (Wildman–Crippen MR) is 117 cm³/mol. The fraction of sp³-hybridized carbons (Fsp3) is 0.348. The van der Waals surface area contributed by atoms with Crippen LogP contribution < -0.4 is 9.47 Å². The number of rotatable bonds is 8. The molecule has 0 N–H and O–H groups in total. The van der Waals surface area contributed by atoms with Crippen molar-refractivity contribution in [3.8, 4) is 28.8 Å². The number of aromatic nitrogens is 5. The average molecular weight is 439 g/mol. The number of pyridine rings is 1. The summed E-state index contributed by atoms with van der Waals surface area (Å²) in [7, 11) is 0. The summed E-state index contributed by atoms with van der Waals surface area (Å²) in [6.45, 7) is 0.0777. The lowest BCUT2D eigenvalue weighted by molar-refractivity contribution is -0.0388. The first-order valence-electron chi connectivity index (χ1n) is 11.9. The standard InChI is InChI=1S/C23H25N5O4/c1-27-16-25-26-23(27)17-12-18-14-24-15-28(18)22(13-17)32-21-4-2-19(3-5-21)30-10-11-31-20-6-8-29-9-7-20/h2-5,12-16,20H,6-11H2,1H3/i1D3. The zero-order valence-electron chi connectivity index (χ0n) is 20.4. The van der Waals surface area contributed by atoms with Crippen LogP contribution in [0.25, 0.3) is 16.9 Å². The van der Waals surface area contributed by atoms with Crippen LogP contribution >= 0.6 is 0 Å². The molecule has 0 saturated carbocycles. The van der Waals surface area contributed by atoms with E-state index in [-0.39, 0.29) is 11.9 Å². The molecule has 166 valence electrons. The first-order chi connectivity index (χ1) is 17.0. The molecule has 4 aromatic rings. The molecule has 0 unspecified atom stereocenters. The molecule has 3 aromatic heterocycles. The number of hydrogen-bond acceptors (Lipinski definition) is 7. The first-order valence-corrected chi connectivity index (χ1v) is 10.4. The molecule has 0 bridgehead atoms. The lowest BCUT2D eigenvalue weighted by Crippen LogP contribution is -2.25. The number of benzene rings is 1. The summed E-state index contributed by atoms with van der Waals surface area (Å²) in [5.41, 5.74) is 1.27. The highest BCUT2D eigenvalue weighted by molar-refractivity contribution is 5.66. The molecule has 5 rings (SSSR count). The van der Waals surface area contributed by atoms with Crippen LogP contribution in [0, 0.1) is 0 Å². The van der Waals surface area contributed by atoms with E-state index in [2.05, 4.69) is 15.2 Å². The van der Waals surface area contributed by atoms with Gasteiger partial charge in [0.15, 0.2) is 5.82 Å². The van der Waals surface area contributed by atoms with Gasteiger partial charge >= 0.3 is 0 Å². The average Bonchev–Trinajstić information content (AvgIpc) is 3.53. The third-order valence-electron chi connectivity index (χ3n) is 5.21. The minimum atomic E-state index is -2.40. The van der Waals surface area contributed by atoms with Crippen molar-refractivity contribution in [2.24, 2.45) is 6.98 Å². The van der Waals surface area contributed by atoms with Crippen LogP contribution in [0.15, 0.2) is 55.2 Å². The summed E-state index contributed by atoms with van der Waals surface area (Å²) in [5, 5.41) is 7.78. The SMILES string of the molecule is [2H]C([2H])([2H])n1cnnc1-c1cc(Oc2ccc(OCCOC3CCOCC3)cc2)n2cncc2c1. The fourth-order valence-corrected chi connectivity index (χ4v) is 3.58. The summed E-state index contributed by atoms with van der Waals surface area (Å²) in [6.07, 6.45) is 6.56. The molecule has 1 saturated heterocycles. The normalized spacial score (nSPS) is 16.4. The first kappa shape index (κ1) is 17.2. The summed E-state index contributed by atoms with van der Waals surface area (Å²) in [6, 6.07) is 10.7. The van der Waals surface area contributed by atoms with Gasteiger partial charge in [-0.25, -0.2) is 4.98 Å². The Morgan fingerprint density at radius 1 is 1.09 bits per heavy atom. The van der Waals surface area contributed by atoms with Gasteiger partial charge in [-0.3, -0.25) is 4.40 Å². The van der Waals surface area contributed by atoms with Gasteiger partial charge in [0, 0.05) is 35.9 Å². The van der Waals surface area contributed by atoms with Crippen molar-refractivity contribution < 1.29 is 23.1 Å². The molecular weight excluding hydrogens is 410 g/mol. The lowest BCUT2D eigenvalue weighted by atomic mass is 10.2. The Morgan fingerprint density at radius 3 is 2.78 bits per heavy atom. The molecule has 1 fully saturated rings. The van der Waals surface area contributed by atoms with E-state index in [1.165, 1.54) is 6.33 Å². The number of nitrogens with zero attached hydrogens (tertiary/aromatic N) is 5. The Kier molecular flexibility index (Phi) is 5.03. The van der Waals surface area contributed by atoms with Crippen molar-refractivity contribution in [1.29, 1.82) is 0 Å². The van der Waals surface area contributed by atoms with Crippen LogP contribution in [-0.2, 0) is 16.4 Å². The van der Waals surface area contributed by atoms with Gasteiger partial charge in [-0.1, -0.05) is 0 Å². The lowest BCUT2D eigenvalue weighted by Gasteiger charge is -2.22. The minimum Gasteiger partial charge on any atom is -0.491 e. The Morgan fingerprint density at radius 2 is 1.94 bits per heavy atom. The number of fused-ring (bicyclic) bond motifs is 1. The molecule has 0 atom stereocenters. The van der Waals surface area contributed by atoms with Crippen LogP contribution in [0.3, 0.4) is 0 Å². The van der Waals surface area contributed by atoms with Gasteiger partial charge < -0.3 is 23.5 Å².